The molecule has 0 heterocycles. The van der Waals surface area contributed by atoms with Crippen LogP contribution in [0.1, 0.15) is 47.0 Å². The Kier molecular flexibility index (Phi) is 8.58. The van der Waals surface area contributed by atoms with Gasteiger partial charge in [-0.15, -0.1) is 0 Å². The van der Waals surface area contributed by atoms with Crippen molar-refractivity contribution in [2.24, 2.45) is 0 Å². The third kappa shape index (κ3) is 6.44. The lowest BCUT2D eigenvalue weighted by Gasteiger charge is -2.31. The lowest BCUT2D eigenvalue weighted by Crippen LogP contribution is -2.48. The number of nitrogens with one attached hydrogen (secondary N) is 1. The average molecular weight is 233 g/mol. The molecule has 0 aromatic carbocycles. The first-order valence-electron chi connectivity index (χ1n) is 6.07. The van der Waals surface area contributed by atoms with Crippen LogP contribution < -0.4 is 5.32 Å². The van der Waals surface area contributed by atoms with E-state index in [1.807, 2.05) is 11.8 Å². The summed E-state index contributed by atoms with van der Waals surface area (Å²) in [6, 6.07) is 0. The summed E-state index contributed by atoms with van der Waals surface area (Å²) in [6.07, 6.45) is 3.27. The Labute approximate surface area is 99.2 Å². The highest BCUT2D eigenvalue weighted by atomic mass is 32.2. The monoisotopic (exact) mass is 233 g/mol. The first kappa shape index (κ1) is 15.3. The zero-order chi connectivity index (χ0) is 11.7. The molecule has 0 aromatic heterocycles. The maximum Gasteiger partial charge on any atom is 0.0613 e. The van der Waals surface area contributed by atoms with E-state index in [4.69, 9.17) is 0 Å². The minimum Gasteiger partial charge on any atom is -0.394 e. The molecule has 0 bridgehead atoms. The van der Waals surface area contributed by atoms with E-state index in [2.05, 4.69) is 33.0 Å². The minimum atomic E-state index is -0.0354. The average Bonchev–Trinajstić information content (AvgIpc) is 2.22. The van der Waals surface area contributed by atoms with Crippen LogP contribution in [0.15, 0.2) is 0 Å². The predicted molar refractivity (Wildman–Crippen MR) is 70.6 cm³/mol. The molecule has 0 saturated heterocycles. The van der Waals surface area contributed by atoms with Gasteiger partial charge in [0.15, 0.2) is 0 Å². The molecule has 0 radical (unpaired) electrons. The molecule has 0 aromatic rings. The van der Waals surface area contributed by atoms with Crippen molar-refractivity contribution in [2.75, 3.05) is 18.9 Å². The second-order valence-corrected chi connectivity index (χ2v) is 6.03. The molecule has 0 amide bonds. The zero-order valence-electron chi connectivity index (χ0n) is 10.7. The number of thioether (sulfide) groups is 1. The van der Waals surface area contributed by atoms with Gasteiger partial charge in [-0.05, 0) is 36.8 Å². The van der Waals surface area contributed by atoms with E-state index in [0.29, 0.717) is 5.25 Å². The molecule has 0 aliphatic carbocycles. The van der Waals surface area contributed by atoms with Crippen LogP contribution in [0.25, 0.3) is 0 Å². The van der Waals surface area contributed by atoms with Crippen LogP contribution in [-0.2, 0) is 0 Å². The maximum absolute atomic E-state index is 9.45. The largest absolute Gasteiger partial charge is 0.394 e. The number of aliphatic hydroxyl groups excluding tert-OH is 1. The van der Waals surface area contributed by atoms with Gasteiger partial charge >= 0.3 is 0 Å². The highest BCUT2D eigenvalue weighted by molar-refractivity contribution is 7.99. The molecule has 1 unspecified atom stereocenters. The highest BCUT2D eigenvalue weighted by Gasteiger charge is 2.25. The third-order valence-electron chi connectivity index (χ3n) is 2.78. The van der Waals surface area contributed by atoms with Crippen molar-refractivity contribution in [3.05, 3.63) is 0 Å². The summed E-state index contributed by atoms with van der Waals surface area (Å²) in [7, 11) is 0. The van der Waals surface area contributed by atoms with Crippen LogP contribution in [0, 0.1) is 0 Å². The molecule has 0 saturated carbocycles. The van der Waals surface area contributed by atoms with Gasteiger partial charge in [0, 0.05) is 5.54 Å². The van der Waals surface area contributed by atoms with Crippen molar-refractivity contribution in [3.63, 3.8) is 0 Å². The molecule has 2 N–H and O–H groups in total. The van der Waals surface area contributed by atoms with Crippen LogP contribution in [0.3, 0.4) is 0 Å². The van der Waals surface area contributed by atoms with Gasteiger partial charge < -0.3 is 10.4 Å². The molecule has 92 valence electrons. The maximum atomic E-state index is 9.45. The molecule has 0 spiro atoms. The van der Waals surface area contributed by atoms with Crippen molar-refractivity contribution in [2.45, 2.75) is 57.7 Å². The normalized spacial score (nSPS) is 15.6. The summed E-state index contributed by atoms with van der Waals surface area (Å²) >= 11 is 2.00. The molecule has 15 heavy (non-hydrogen) atoms. The lowest BCUT2D eigenvalue weighted by molar-refractivity contribution is 0.148. The zero-order valence-corrected chi connectivity index (χ0v) is 11.5. The van der Waals surface area contributed by atoms with Crippen molar-refractivity contribution in [1.29, 1.82) is 0 Å². The summed E-state index contributed by atoms with van der Waals surface area (Å²) in [5.74, 6) is 1.20. The van der Waals surface area contributed by atoms with Gasteiger partial charge in [-0.1, -0.05) is 27.7 Å². The van der Waals surface area contributed by atoms with Gasteiger partial charge in [0.2, 0.25) is 0 Å². The Balaban J connectivity index is 3.84. The summed E-state index contributed by atoms with van der Waals surface area (Å²) in [4.78, 5) is 0. The van der Waals surface area contributed by atoms with Crippen molar-refractivity contribution < 1.29 is 5.11 Å². The van der Waals surface area contributed by atoms with Gasteiger partial charge in [-0.2, -0.15) is 11.8 Å². The van der Waals surface area contributed by atoms with Gasteiger partial charge in [-0.3, -0.25) is 0 Å². The SMILES string of the molecule is CCNC(CC)(CO)CCCSC(C)C. The Hall–Kier alpha value is 0.270. The summed E-state index contributed by atoms with van der Waals surface area (Å²) < 4.78 is 0. The van der Waals surface area contributed by atoms with Crippen LogP contribution in [0.5, 0.6) is 0 Å². The number of aliphatic hydroxyl groups is 1. The topological polar surface area (TPSA) is 32.3 Å². The smallest absolute Gasteiger partial charge is 0.0613 e. The third-order valence-corrected chi connectivity index (χ3v) is 3.97. The quantitative estimate of drug-likeness (QED) is 0.601. The second-order valence-electron chi connectivity index (χ2n) is 4.35. The standard InChI is InChI=1S/C12H27NOS/c1-5-12(10-14,13-6-2)8-7-9-15-11(3)4/h11,13-14H,5-10H2,1-4H3. The molecule has 0 aliphatic heterocycles. The van der Waals surface area contributed by atoms with Crippen LogP contribution in [0.2, 0.25) is 0 Å². The molecule has 2 nitrogen and oxygen atoms in total. The highest BCUT2D eigenvalue weighted by Crippen LogP contribution is 2.20. The Morgan fingerprint density at radius 2 is 2.00 bits per heavy atom. The number of likely N-dealkylation sites (N-methyl/N-ethyl adjacent to an activating group) is 1. The molecule has 0 rings (SSSR count). The minimum absolute atomic E-state index is 0.0354. The number of rotatable bonds is 9. The van der Waals surface area contributed by atoms with E-state index in [-0.39, 0.29) is 12.1 Å². The van der Waals surface area contributed by atoms with Crippen molar-refractivity contribution in [3.8, 4) is 0 Å². The number of hydrogen-bond donors (Lipinski definition) is 2. The van der Waals surface area contributed by atoms with Gasteiger partial charge in [-0.25, -0.2) is 0 Å². The molecule has 0 fully saturated rings. The van der Waals surface area contributed by atoms with Crippen LogP contribution in [-0.4, -0.2) is 34.8 Å². The van der Waals surface area contributed by atoms with E-state index in [1.165, 1.54) is 12.2 Å². The first-order chi connectivity index (χ1) is 7.10. The molecule has 1 atom stereocenters. The molecule has 0 aliphatic rings. The van der Waals surface area contributed by atoms with Crippen molar-refractivity contribution >= 4 is 11.8 Å². The fraction of sp³-hybridized carbons (Fsp3) is 1.00. The van der Waals surface area contributed by atoms with E-state index in [1.54, 1.807) is 0 Å². The summed E-state index contributed by atoms with van der Waals surface area (Å²) in [5, 5.41) is 13.6. The van der Waals surface area contributed by atoms with E-state index in [9.17, 15) is 5.11 Å². The summed E-state index contributed by atoms with van der Waals surface area (Å²) in [5.41, 5.74) is -0.0354. The Bertz CT molecular complexity index is 147. The van der Waals surface area contributed by atoms with Crippen molar-refractivity contribution in [1.82, 2.24) is 5.32 Å². The van der Waals surface area contributed by atoms with Gasteiger partial charge in [0.25, 0.3) is 0 Å². The van der Waals surface area contributed by atoms with Gasteiger partial charge in [0.05, 0.1) is 6.61 Å². The van der Waals surface area contributed by atoms with E-state index in [0.717, 1.165) is 19.4 Å². The summed E-state index contributed by atoms with van der Waals surface area (Å²) in [6.45, 7) is 9.90. The second kappa shape index (κ2) is 8.43. The fourth-order valence-corrected chi connectivity index (χ4v) is 2.52. The van der Waals surface area contributed by atoms with E-state index >= 15 is 0 Å². The molecular weight excluding hydrogens is 206 g/mol. The van der Waals surface area contributed by atoms with Crippen LogP contribution in [0.4, 0.5) is 0 Å². The number of hydrogen-bond acceptors (Lipinski definition) is 3. The first-order valence-corrected chi connectivity index (χ1v) is 7.12. The Morgan fingerprint density at radius 1 is 1.33 bits per heavy atom. The lowest BCUT2D eigenvalue weighted by atomic mass is 9.91. The molecular formula is C12H27NOS. The van der Waals surface area contributed by atoms with Gasteiger partial charge in [0.1, 0.15) is 0 Å². The van der Waals surface area contributed by atoms with E-state index < -0.39 is 0 Å². The fourth-order valence-electron chi connectivity index (χ4n) is 1.74. The predicted octanol–water partition coefficient (Wildman–Crippen LogP) is 2.66. The molecule has 3 heteroatoms. The Morgan fingerprint density at radius 3 is 2.40 bits per heavy atom. The van der Waals surface area contributed by atoms with Crippen LogP contribution >= 0.6 is 11.8 Å².